The van der Waals surface area contributed by atoms with E-state index >= 15 is 0 Å². The standard InChI is InChI=1S/C40H37N3O6S/c1-4-49-35-21-12-11-18-29(35)24-34(43-38(44)28-16-9-6-10-17-28)39(45)41-30-19-13-20-32(25-30)50-37(27-14-7-5-8-15-27)40(46)42-33-23-22-31(47-2)26-36(33)48-3/h5-26,37H,4H2,1-3H3,(H,41,45)(H,42,46)(H,43,44)/b34-24+. The van der Waals surface area contributed by atoms with Crippen LogP contribution in [0.5, 0.6) is 17.2 Å². The summed E-state index contributed by atoms with van der Waals surface area (Å²) in [4.78, 5) is 41.5. The molecule has 0 fully saturated rings. The molecule has 5 aromatic rings. The first-order valence-corrected chi connectivity index (χ1v) is 16.7. The monoisotopic (exact) mass is 687 g/mol. The fraction of sp³-hybridized carbons (Fsp3) is 0.125. The van der Waals surface area contributed by atoms with E-state index in [2.05, 4.69) is 16.0 Å². The van der Waals surface area contributed by atoms with E-state index < -0.39 is 17.1 Å². The van der Waals surface area contributed by atoms with Gasteiger partial charge in [0.05, 0.1) is 26.5 Å². The molecule has 0 aliphatic rings. The van der Waals surface area contributed by atoms with Crippen molar-refractivity contribution in [3.8, 4) is 17.2 Å². The number of carbonyl (C=O) groups excluding carboxylic acids is 3. The van der Waals surface area contributed by atoms with Crippen LogP contribution in [0.15, 0.2) is 138 Å². The molecule has 1 unspecified atom stereocenters. The van der Waals surface area contributed by atoms with Gasteiger partial charge < -0.3 is 30.2 Å². The number of ether oxygens (including phenoxy) is 3. The quantitative estimate of drug-likeness (QED) is 0.0801. The molecule has 0 aliphatic heterocycles. The predicted octanol–water partition coefficient (Wildman–Crippen LogP) is 7.98. The maximum atomic E-state index is 13.8. The number of carbonyl (C=O) groups is 3. The lowest BCUT2D eigenvalue weighted by Gasteiger charge is -2.19. The lowest BCUT2D eigenvalue weighted by molar-refractivity contribution is -0.116. The number of hydrogen-bond donors (Lipinski definition) is 3. The molecular formula is C40H37N3O6S. The molecule has 254 valence electrons. The average molecular weight is 688 g/mol. The number of amides is 3. The first-order chi connectivity index (χ1) is 24.4. The Morgan fingerprint density at radius 3 is 2.18 bits per heavy atom. The molecule has 0 heterocycles. The first kappa shape index (κ1) is 35.3. The summed E-state index contributed by atoms with van der Waals surface area (Å²) in [6.07, 6.45) is 1.59. The zero-order chi connectivity index (χ0) is 35.3. The number of thioether (sulfide) groups is 1. The molecule has 3 N–H and O–H groups in total. The van der Waals surface area contributed by atoms with E-state index in [9.17, 15) is 14.4 Å². The highest BCUT2D eigenvalue weighted by molar-refractivity contribution is 8.00. The van der Waals surface area contributed by atoms with Gasteiger partial charge in [0, 0.05) is 27.8 Å². The zero-order valence-corrected chi connectivity index (χ0v) is 28.7. The van der Waals surface area contributed by atoms with Crippen molar-refractivity contribution < 1.29 is 28.6 Å². The van der Waals surface area contributed by atoms with Gasteiger partial charge in [-0.1, -0.05) is 72.8 Å². The van der Waals surface area contributed by atoms with E-state index in [0.717, 1.165) is 10.5 Å². The van der Waals surface area contributed by atoms with Crippen LogP contribution >= 0.6 is 11.8 Å². The summed E-state index contributed by atoms with van der Waals surface area (Å²) >= 11 is 1.33. The van der Waals surface area contributed by atoms with Crippen molar-refractivity contribution in [3.63, 3.8) is 0 Å². The molecule has 50 heavy (non-hydrogen) atoms. The Labute approximate surface area is 295 Å². The number of benzene rings is 5. The second-order valence-corrected chi connectivity index (χ2v) is 12.0. The zero-order valence-electron chi connectivity index (χ0n) is 27.8. The molecule has 0 spiro atoms. The van der Waals surface area contributed by atoms with Crippen molar-refractivity contribution >= 4 is 46.9 Å². The lowest BCUT2D eigenvalue weighted by atomic mass is 10.1. The van der Waals surface area contributed by atoms with Crippen LogP contribution < -0.4 is 30.2 Å². The Morgan fingerprint density at radius 1 is 0.740 bits per heavy atom. The summed E-state index contributed by atoms with van der Waals surface area (Å²) in [5.74, 6) is 0.406. The van der Waals surface area contributed by atoms with Gasteiger partial charge in [-0.25, -0.2) is 0 Å². The maximum absolute atomic E-state index is 13.8. The van der Waals surface area contributed by atoms with Crippen LogP contribution in [0.25, 0.3) is 6.08 Å². The Balaban J connectivity index is 1.40. The highest BCUT2D eigenvalue weighted by Crippen LogP contribution is 2.38. The molecule has 10 heteroatoms. The minimum absolute atomic E-state index is 0.0269. The summed E-state index contributed by atoms with van der Waals surface area (Å²) in [5, 5.41) is 8.03. The number of hydrogen-bond acceptors (Lipinski definition) is 7. The maximum Gasteiger partial charge on any atom is 0.272 e. The van der Waals surface area contributed by atoms with Crippen LogP contribution in [0.2, 0.25) is 0 Å². The highest BCUT2D eigenvalue weighted by atomic mass is 32.2. The van der Waals surface area contributed by atoms with Crippen LogP contribution in [0.3, 0.4) is 0 Å². The van der Waals surface area contributed by atoms with Gasteiger partial charge in [0.1, 0.15) is 28.2 Å². The van der Waals surface area contributed by atoms with E-state index in [1.807, 2.05) is 61.5 Å². The Morgan fingerprint density at radius 2 is 1.46 bits per heavy atom. The Kier molecular flexibility index (Phi) is 12.3. The van der Waals surface area contributed by atoms with Crippen LogP contribution in [0.1, 0.15) is 33.7 Å². The molecule has 0 bridgehead atoms. The van der Waals surface area contributed by atoms with Crippen LogP contribution in [-0.4, -0.2) is 38.5 Å². The summed E-state index contributed by atoms with van der Waals surface area (Å²) < 4.78 is 16.5. The normalized spacial score (nSPS) is 11.5. The van der Waals surface area contributed by atoms with Crippen molar-refractivity contribution in [1.29, 1.82) is 0 Å². The summed E-state index contributed by atoms with van der Waals surface area (Å²) in [7, 11) is 3.09. The molecule has 0 saturated carbocycles. The molecule has 0 aromatic heterocycles. The van der Waals surface area contributed by atoms with Gasteiger partial charge >= 0.3 is 0 Å². The molecule has 9 nitrogen and oxygen atoms in total. The summed E-state index contributed by atoms with van der Waals surface area (Å²) in [6, 6.07) is 37.7. The molecular weight excluding hydrogens is 651 g/mol. The lowest BCUT2D eigenvalue weighted by Crippen LogP contribution is -2.30. The van der Waals surface area contributed by atoms with Gasteiger partial charge in [-0.2, -0.15) is 0 Å². The third-order valence-corrected chi connectivity index (χ3v) is 8.65. The van der Waals surface area contributed by atoms with E-state index in [4.69, 9.17) is 14.2 Å². The number of rotatable bonds is 14. The van der Waals surface area contributed by atoms with Crippen molar-refractivity contribution in [3.05, 3.63) is 150 Å². The van der Waals surface area contributed by atoms with Crippen molar-refractivity contribution in [1.82, 2.24) is 5.32 Å². The molecule has 5 rings (SSSR count). The second-order valence-electron chi connectivity index (χ2n) is 10.8. The van der Waals surface area contributed by atoms with E-state index in [1.54, 1.807) is 86.0 Å². The van der Waals surface area contributed by atoms with Crippen LogP contribution in [0, 0.1) is 0 Å². The number of nitrogens with one attached hydrogen (secondary N) is 3. The minimum Gasteiger partial charge on any atom is -0.497 e. The highest BCUT2D eigenvalue weighted by Gasteiger charge is 2.24. The fourth-order valence-corrected chi connectivity index (χ4v) is 6.05. The number of methoxy groups -OCH3 is 2. The third kappa shape index (κ3) is 9.33. The van der Waals surface area contributed by atoms with E-state index in [1.165, 1.54) is 18.9 Å². The average Bonchev–Trinajstić information content (AvgIpc) is 3.15. The molecule has 1 atom stereocenters. The SMILES string of the molecule is CCOc1ccccc1/C=C(/NC(=O)c1ccccc1)C(=O)Nc1cccc(SC(C(=O)Nc2ccc(OC)cc2OC)c2ccccc2)c1. The fourth-order valence-electron chi connectivity index (χ4n) is 4.97. The van der Waals surface area contributed by atoms with Gasteiger partial charge in [-0.3, -0.25) is 14.4 Å². The van der Waals surface area contributed by atoms with Crippen molar-refractivity contribution in [2.24, 2.45) is 0 Å². The van der Waals surface area contributed by atoms with E-state index in [0.29, 0.717) is 46.4 Å². The van der Waals surface area contributed by atoms with Gasteiger partial charge in [0.2, 0.25) is 5.91 Å². The predicted molar refractivity (Wildman–Crippen MR) is 198 cm³/mol. The largest absolute Gasteiger partial charge is 0.497 e. The molecule has 0 saturated heterocycles. The van der Waals surface area contributed by atoms with Crippen LogP contribution in [-0.2, 0) is 9.59 Å². The number of para-hydroxylation sites is 1. The first-order valence-electron chi connectivity index (χ1n) is 15.8. The smallest absolute Gasteiger partial charge is 0.272 e. The number of anilines is 2. The Bertz CT molecular complexity index is 1970. The molecule has 0 radical (unpaired) electrons. The Hall–Kier alpha value is -6.00. The molecule has 5 aromatic carbocycles. The van der Waals surface area contributed by atoms with Crippen LogP contribution in [0.4, 0.5) is 11.4 Å². The topological polar surface area (TPSA) is 115 Å². The third-order valence-electron chi connectivity index (χ3n) is 7.40. The minimum atomic E-state index is -0.648. The van der Waals surface area contributed by atoms with Crippen molar-refractivity contribution in [2.75, 3.05) is 31.5 Å². The summed E-state index contributed by atoms with van der Waals surface area (Å²) in [5.41, 5.74) is 2.82. The molecule has 0 aliphatic carbocycles. The van der Waals surface area contributed by atoms with E-state index in [-0.39, 0.29) is 11.6 Å². The molecule has 3 amide bonds. The van der Waals surface area contributed by atoms with Gasteiger partial charge in [0.25, 0.3) is 11.8 Å². The van der Waals surface area contributed by atoms with Gasteiger partial charge in [-0.15, -0.1) is 11.8 Å². The van der Waals surface area contributed by atoms with Gasteiger partial charge in [-0.05, 0) is 67.1 Å². The second kappa shape index (κ2) is 17.4. The van der Waals surface area contributed by atoms with Crippen molar-refractivity contribution in [2.45, 2.75) is 17.1 Å². The summed E-state index contributed by atoms with van der Waals surface area (Å²) in [6.45, 7) is 2.31. The van der Waals surface area contributed by atoms with Gasteiger partial charge in [0.15, 0.2) is 0 Å².